The van der Waals surface area contributed by atoms with Crippen molar-refractivity contribution in [3.63, 3.8) is 0 Å². The number of amides is 1. The van der Waals surface area contributed by atoms with Crippen LogP contribution in [-0.4, -0.2) is 78.8 Å². The molecule has 1 amide bonds. The SMILES string of the molecule is C[C@H](CO)N1C[C@H](C)[C@@H](CN(C)S(C)(=O)=O)Oc2ncc(C#Cc3ccc(F)cc3)cc2C1=O. The largest absolute Gasteiger partial charge is 0.472 e. The summed E-state index contributed by atoms with van der Waals surface area (Å²) in [5, 5.41) is 9.73. The van der Waals surface area contributed by atoms with Crippen LogP contribution >= 0.6 is 0 Å². The Morgan fingerprint density at radius 2 is 1.94 bits per heavy atom. The lowest BCUT2D eigenvalue weighted by Crippen LogP contribution is -2.50. The van der Waals surface area contributed by atoms with Gasteiger partial charge in [0.05, 0.1) is 25.4 Å². The molecule has 0 spiro atoms. The molecule has 0 fully saturated rings. The topological polar surface area (TPSA) is 100 Å². The summed E-state index contributed by atoms with van der Waals surface area (Å²) < 4.78 is 44.3. The number of aliphatic hydroxyl groups excluding tert-OH is 1. The van der Waals surface area contributed by atoms with Crippen molar-refractivity contribution in [2.24, 2.45) is 5.92 Å². The van der Waals surface area contributed by atoms with Crippen LogP contribution in [0, 0.1) is 23.6 Å². The Kier molecular flexibility index (Phi) is 7.92. The first-order valence-corrected chi connectivity index (χ1v) is 12.6. The summed E-state index contributed by atoms with van der Waals surface area (Å²) in [5.74, 6) is 4.93. The molecule has 0 bridgehead atoms. The Labute approximate surface area is 199 Å². The van der Waals surface area contributed by atoms with Crippen molar-refractivity contribution < 1.29 is 27.4 Å². The average molecular weight is 490 g/mol. The van der Waals surface area contributed by atoms with E-state index in [9.17, 15) is 22.7 Å². The predicted octanol–water partition coefficient (Wildman–Crippen LogP) is 1.73. The van der Waals surface area contributed by atoms with Gasteiger partial charge in [0.15, 0.2) is 0 Å². The fourth-order valence-corrected chi connectivity index (χ4v) is 3.87. The molecular formula is C24H28FN3O5S. The van der Waals surface area contributed by atoms with Crippen LogP contribution in [0.3, 0.4) is 0 Å². The first-order chi connectivity index (χ1) is 16.0. The van der Waals surface area contributed by atoms with Crippen molar-refractivity contribution in [3.8, 4) is 17.7 Å². The van der Waals surface area contributed by atoms with Crippen LogP contribution in [0.25, 0.3) is 0 Å². The number of pyridine rings is 1. The lowest BCUT2D eigenvalue weighted by Gasteiger charge is -2.37. The normalized spacial score (nSPS) is 19.4. The number of aromatic nitrogens is 1. The minimum Gasteiger partial charge on any atom is -0.472 e. The van der Waals surface area contributed by atoms with E-state index in [0.717, 1.165) is 6.26 Å². The van der Waals surface area contributed by atoms with Gasteiger partial charge in [-0.1, -0.05) is 18.8 Å². The molecule has 1 aliphatic heterocycles. The number of benzene rings is 1. The van der Waals surface area contributed by atoms with E-state index in [4.69, 9.17) is 4.74 Å². The van der Waals surface area contributed by atoms with E-state index in [0.29, 0.717) is 11.1 Å². The summed E-state index contributed by atoms with van der Waals surface area (Å²) in [6.07, 6.45) is 2.00. The number of likely N-dealkylation sites (N-methyl/N-ethyl adjacent to an activating group) is 1. The quantitative estimate of drug-likeness (QED) is 0.643. The molecule has 2 aromatic rings. The number of ether oxygens (including phenoxy) is 1. The molecule has 0 aliphatic carbocycles. The molecule has 1 aromatic heterocycles. The maximum absolute atomic E-state index is 13.4. The lowest BCUT2D eigenvalue weighted by atomic mass is 10.0. The number of carbonyl (C=O) groups is 1. The molecule has 8 nitrogen and oxygen atoms in total. The molecule has 34 heavy (non-hydrogen) atoms. The summed E-state index contributed by atoms with van der Waals surface area (Å²) >= 11 is 0. The molecule has 3 rings (SSSR count). The molecule has 1 aromatic carbocycles. The van der Waals surface area contributed by atoms with E-state index >= 15 is 0 Å². The summed E-state index contributed by atoms with van der Waals surface area (Å²) in [6.45, 7) is 3.69. The minimum absolute atomic E-state index is 0.0722. The van der Waals surface area contributed by atoms with Gasteiger partial charge in [0, 0.05) is 36.8 Å². The van der Waals surface area contributed by atoms with Crippen molar-refractivity contribution in [2.45, 2.75) is 26.0 Å². The molecule has 10 heteroatoms. The summed E-state index contributed by atoms with van der Waals surface area (Å²) in [5.41, 5.74) is 1.23. The summed E-state index contributed by atoms with van der Waals surface area (Å²) in [6, 6.07) is 6.81. The van der Waals surface area contributed by atoms with Crippen molar-refractivity contribution in [1.82, 2.24) is 14.2 Å². The maximum atomic E-state index is 13.4. The fourth-order valence-electron chi connectivity index (χ4n) is 3.45. The molecule has 0 radical (unpaired) electrons. The fraction of sp³-hybridized carbons (Fsp3) is 0.417. The minimum atomic E-state index is -3.44. The Morgan fingerprint density at radius 1 is 1.29 bits per heavy atom. The third-order valence-corrected chi connectivity index (χ3v) is 7.00. The number of nitrogens with zero attached hydrogens (tertiary/aromatic N) is 3. The predicted molar refractivity (Wildman–Crippen MR) is 125 cm³/mol. The second-order valence-electron chi connectivity index (χ2n) is 8.50. The van der Waals surface area contributed by atoms with Gasteiger partial charge in [-0.2, -0.15) is 0 Å². The van der Waals surface area contributed by atoms with Crippen LogP contribution in [0.5, 0.6) is 5.88 Å². The van der Waals surface area contributed by atoms with Crippen molar-refractivity contribution in [2.75, 3.05) is 33.0 Å². The zero-order valence-electron chi connectivity index (χ0n) is 19.5. The lowest BCUT2D eigenvalue weighted by molar-refractivity contribution is 0.0373. The average Bonchev–Trinajstić information content (AvgIpc) is 2.79. The molecular weight excluding hydrogens is 461 g/mol. The highest BCUT2D eigenvalue weighted by atomic mass is 32.2. The number of halogens is 1. The second-order valence-corrected chi connectivity index (χ2v) is 10.6. The molecule has 0 saturated heterocycles. The van der Waals surface area contributed by atoms with Crippen LogP contribution in [0.4, 0.5) is 4.39 Å². The van der Waals surface area contributed by atoms with E-state index in [1.54, 1.807) is 30.0 Å². The first kappa shape index (κ1) is 25.6. The summed E-state index contributed by atoms with van der Waals surface area (Å²) in [7, 11) is -1.98. The number of rotatable bonds is 5. The molecule has 2 heterocycles. The molecule has 0 saturated carbocycles. The van der Waals surface area contributed by atoms with Gasteiger partial charge in [-0.3, -0.25) is 4.79 Å². The third kappa shape index (κ3) is 6.11. The van der Waals surface area contributed by atoms with E-state index in [2.05, 4.69) is 16.8 Å². The standard InChI is InChI=1S/C24H28FN3O5S/c1-16-13-28(17(2)15-29)24(30)21-11-19(6-5-18-7-9-20(25)10-8-18)12-26-23(21)33-22(16)14-27(3)34(4,31)32/h7-12,16-17,22,29H,13-15H2,1-4H3/t16-,17+,22+/m0/s1. The second kappa shape index (κ2) is 10.5. The van der Waals surface area contributed by atoms with Crippen molar-refractivity contribution in [1.29, 1.82) is 0 Å². The van der Waals surface area contributed by atoms with Gasteiger partial charge < -0.3 is 14.7 Å². The van der Waals surface area contributed by atoms with Gasteiger partial charge in [0.1, 0.15) is 17.5 Å². The van der Waals surface area contributed by atoms with Gasteiger partial charge >= 0.3 is 0 Å². The Balaban J connectivity index is 2.01. The van der Waals surface area contributed by atoms with Crippen LogP contribution in [0.15, 0.2) is 36.5 Å². The number of fused-ring (bicyclic) bond motifs is 1. The van der Waals surface area contributed by atoms with Gasteiger partial charge in [-0.15, -0.1) is 0 Å². The van der Waals surface area contributed by atoms with E-state index in [1.807, 2.05) is 6.92 Å². The Hall–Kier alpha value is -3.00. The Bertz CT molecular complexity index is 1210. The number of carbonyl (C=O) groups excluding carboxylic acids is 1. The zero-order chi connectivity index (χ0) is 25.0. The van der Waals surface area contributed by atoms with Gasteiger partial charge in [-0.25, -0.2) is 22.1 Å². The Morgan fingerprint density at radius 3 is 2.56 bits per heavy atom. The van der Waals surface area contributed by atoms with Crippen LogP contribution in [0.2, 0.25) is 0 Å². The molecule has 1 N–H and O–H groups in total. The highest BCUT2D eigenvalue weighted by Gasteiger charge is 2.35. The smallest absolute Gasteiger partial charge is 0.259 e. The summed E-state index contributed by atoms with van der Waals surface area (Å²) in [4.78, 5) is 19.2. The van der Waals surface area contributed by atoms with Gasteiger partial charge in [0.25, 0.3) is 5.91 Å². The van der Waals surface area contributed by atoms with Gasteiger partial charge in [0.2, 0.25) is 15.9 Å². The molecule has 182 valence electrons. The van der Waals surface area contributed by atoms with Crippen LogP contribution in [0.1, 0.15) is 35.3 Å². The maximum Gasteiger partial charge on any atom is 0.259 e. The highest BCUT2D eigenvalue weighted by Crippen LogP contribution is 2.27. The third-order valence-electron chi connectivity index (χ3n) is 5.72. The molecule has 1 aliphatic rings. The van der Waals surface area contributed by atoms with Crippen LogP contribution < -0.4 is 4.74 Å². The van der Waals surface area contributed by atoms with Crippen LogP contribution in [-0.2, 0) is 10.0 Å². The van der Waals surface area contributed by atoms with E-state index in [1.165, 1.54) is 29.7 Å². The molecule has 0 unspecified atom stereocenters. The number of hydrogen-bond acceptors (Lipinski definition) is 6. The number of aliphatic hydroxyl groups is 1. The van der Waals surface area contributed by atoms with Gasteiger partial charge in [-0.05, 0) is 37.3 Å². The number of hydrogen-bond donors (Lipinski definition) is 1. The number of sulfonamides is 1. The van der Waals surface area contributed by atoms with E-state index < -0.39 is 22.2 Å². The van der Waals surface area contributed by atoms with Crippen molar-refractivity contribution >= 4 is 15.9 Å². The highest BCUT2D eigenvalue weighted by molar-refractivity contribution is 7.88. The monoisotopic (exact) mass is 489 g/mol. The molecule has 3 atom stereocenters. The zero-order valence-corrected chi connectivity index (χ0v) is 20.3. The van der Waals surface area contributed by atoms with E-state index in [-0.39, 0.29) is 48.8 Å². The van der Waals surface area contributed by atoms with Crippen molar-refractivity contribution in [3.05, 3.63) is 59.0 Å². The first-order valence-electron chi connectivity index (χ1n) is 10.8.